The van der Waals surface area contributed by atoms with E-state index >= 15 is 0 Å². The summed E-state index contributed by atoms with van der Waals surface area (Å²) < 4.78 is 5.18. The third-order valence-corrected chi connectivity index (χ3v) is 3.62. The normalized spacial score (nSPS) is 22.5. The van der Waals surface area contributed by atoms with Gasteiger partial charge in [-0.05, 0) is 31.0 Å². The van der Waals surface area contributed by atoms with Gasteiger partial charge in [-0.2, -0.15) is 0 Å². The summed E-state index contributed by atoms with van der Waals surface area (Å²) in [6.07, 6.45) is 2.21. The van der Waals surface area contributed by atoms with E-state index in [1.807, 2.05) is 23.1 Å². The van der Waals surface area contributed by atoms with Gasteiger partial charge in [-0.1, -0.05) is 0 Å². The number of ether oxygens (including phenoxy) is 1. The van der Waals surface area contributed by atoms with E-state index in [0.717, 1.165) is 42.9 Å². The minimum Gasteiger partial charge on any atom is -0.497 e. The summed E-state index contributed by atoms with van der Waals surface area (Å²) >= 11 is 0. The van der Waals surface area contributed by atoms with Gasteiger partial charge in [0.15, 0.2) is 0 Å². The molecular weight excluding hydrogens is 216 g/mol. The van der Waals surface area contributed by atoms with Crippen LogP contribution in [0.3, 0.4) is 0 Å². The molecule has 0 saturated carbocycles. The zero-order chi connectivity index (χ0) is 11.8. The van der Waals surface area contributed by atoms with Gasteiger partial charge in [-0.3, -0.25) is 4.79 Å². The van der Waals surface area contributed by atoms with Gasteiger partial charge in [0.05, 0.1) is 12.7 Å². The summed E-state index contributed by atoms with van der Waals surface area (Å²) in [7, 11) is 1.62. The first kappa shape index (κ1) is 10.4. The predicted molar refractivity (Wildman–Crippen MR) is 65.5 cm³/mol. The molecule has 4 nitrogen and oxygen atoms in total. The van der Waals surface area contributed by atoms with Crippen LogP contribution in [0.2, 0.25) is 0 Å². The zero-order valence-corrected chi connectivity index (χ0v) is 9.90. The Bertz CT molecular complexity index is 459. The van der Waals surface area contributed by atoms with E-state index in [2.05, 4.69) is 5.32 Å². The maximum Gasteiger partial charge on any atom is 0.256 e. The number of benzene rings is 1. The van der Waals surface area contributed by atoms with E-state index in [9.17, 15) is 4.79 Å². The number of anilines is 1. The second kappa shape index (κ2) is 3.95. The van der Waals surface area contributed by atoms with Crippen LogP contribution < -0.4 is 10.1 Å². The Balaban J connectivity index is 2.03. The van der Waals surface area contributed by atoms with Crippen LogP contribution in [0.5, 0.6) is 5.75 Å². The van der Waals surface area contributed by atoms with Crippen LogP contribution in [0, 0.1) is 0 Å². The van der Waals surface area contributed by atoms with Crippen molar-refractivity contribution >= 4 is 11.6 Å². The van der Waals surface area contributed by atoms with E-state index in [4.69, 9.17) is 4.74 Å². The first-order valence-electron chi connectivity index (χ1n) is 6.02. The standard InChI is InChI=1S/C13H16N2O2/c1-17-10-4-5-12-11(7-10)13(16)15-6-2-3-9(15)8-14-12/h4-5,7,9,14H,2-3,6,8H2,1H3. The molecular formula is C13H16N2O2. The molecule has 90 valence electrons. The molecule has 1 aromatic carbocycles. The van der Waals surface area contributed by atoms with Crippen LogP contribution in [0.4, 0.5) is 5.69 Å². The summed E-state index contributed by atoms with van der Waals surface area (Å²) in [4.78, 5) is 14.4. The van der Waals surface area contributed by atoms with Gasteiger partial charge >= 0.3 is 0 Å². The van der Waals surface area contributed by atoms with E-state index in [1.54, 1.807) is 7.11 Å². The second-order valence-corrected chi connectivity index (χ2v) is 4.59. The van der Waals surface area contributed by atoms with Crippen molar-refractivity contribution in [2.45, 2.75) is 18.9 Å². The Morgan fingerprint density at radius 2 is 2.35 bits per heavy atom. The van der Waals surface area contributed by atoms with Crippen molar-refractivity contribution in [1.82, 2.24) is 4.90 Å². The molecule has 2 aliphatic heterocycles. The monoisotopic (exact) mass is 232 g/mol. The lowest BCUT2D eigenvalue weighted by atomic mass is 10.1. The molecule has 0 aliphatic carbocycles. The van der Waals surface area contributed by atoms with Gasteiger partial charge in [0, 0.05) is 24.8 Å². The predicted octanol–water partition coefficient (Wildman–Crippen LogP) is 1.73. The fourth-order valence-corrected chi connectivity index (χ4v) is 2.68. The smallest absolute Gasteiger partial charge is 0.256 e. The fraction of sp³-hybridized carbons (Fsp3) is 0.462. The van der Waals surface area contributed by atoms with Crippen molar-refractivity contribution in [2.75, 3.05) is 25.5 Å². The highest BCUT2D eigenvalue weighted by molar-refractivity contribution is 6.01. The summed E-state index contributed by atoms with van der Waals surface area (Å²) in [6, 6.07) is 5.98. The number of fused-ring (bicyclic) bond motifs is 2. The number of amides is 1. The quantitative estimate of drug-likeness (QED) is 0.801. The van der Waals surface area contributed by atoms with Crippen molar-refractivity contribution in [3.05, 3.63) is 23.8 Å². The number of nitrogens with zero attached hydrogens (tertiary/aromatic N) is 1. The van der Waals surface area contributed by atoms with Crippen molar-refractivity contribution in [1.29, 1.82) is 0 Å². The van der Waals surface area contributed by atoms with Crippen LogP contribution in [-0.4, -0.2) is 37.0 Å². The SMILES string of the molecule is COc1ccc2c(c1)C(=O)N1CCCC1CN2. The molecule has 1 atom stereocenters. The number of carbonyl (C=O) groups excluding carboxylic acids is 1. The van der Waals surface area contributed by atoms with E-state index in [0.29, 0.717) is 6.04 Å². The maximum atomic E-state index is 12.4. The molecule has 1 unspecified atom stereocenters. The minimum atomic E-state index is 0.131. The number of hydrogen-bond acceptors (Lipinski definition) is 3. The minimum absolute atomic E-state index is 0.131. The molecule has 17 heavy (non-hydrogen) atoms. The maximum absolute atomic E-state index is 12.4. The number of nitrogens with one attached hydrogen (secondary N) is 1. The highest BCUT2D eigenvalue weighted by atomic mass is 16.5. The van der Waals surface area contributed by atoms with Gasteiger partial charge in [0.1, 0.15) is 5.75 Å². The average Bonchev–Trinajstić information content (AvgIpc) is 2.79. The number of methoxy groups -OCH3 is 1. The summed E-state index contributed by atoms with van der Waals surface area (Å²) in [6.45, 7) is 1.73. The Morgan fingerprint density at radius 1 is 1.47 bits per heavy atom. The molecule has 0 bridgehead atoms. The number of hydrogen-bond donors (Lipinski definition) is 1. The largest absolute Gasteiger partial charge is 0.497 e. The molecule has 2 heterocycles. The molecule has 4 heteroatoms. The van der Waals surface area contributed by atoms with Gasteiger partial charge in [0.25, 0.3) is 5.91 Å². The van der Waals surface area contributed by atoms with Crippen LogP contribution in [0.1, 0.15) is 23.2 Å². The third kappa shape index (κ3) is 1.64. The van der Waals surface area contributed by atoms with E-state index in [1.165, 1.54) is 0 Å². The lowest BCUT2D eigenvalue weighted by Gasteiger charge is -2.21. The lowest BCUT2D eigenvalue weighted by molar-refractivity contribution is 0.0750. The zero-order valence-electron chi connectivity index (χ0n) is 9.90. The molecule has 1 N–H and O–H groups in total. The van der Waals surface area contributed by atoms with Gasteiger partial charge < -0.3 is 15.0 Å². The van der Waals surface area contributed by atoms with Crippen LogP contribution in [0.15, 0.2) is 18.2 Å². The van der Waals surface area contributed by atoms with Gasteiger partial charge in [-0.15, -0.1) is 0 Å². The van der Waals surface area contributed by atoms with Crippen LogP contribution in [-0.2, 0) is 0 Å². The molecule has 1 amide bonds. The Morgan fingerprint density at radius 3 is 3.18 bits per heavy atom. The molecule has 1 aromatic rings. The molecule has 2 aliphatic rings. The molecule has 0 radical (unpaired) electrons. The lowest BCUT2D eigenvalue weighted by Crippen LogP contribution is -2.36. The molecule has 0 spiro atoms. The fourth-order valence-electron chi connectivity index (χ4n) is 2.68. The van der Waals surface area contributed by atoms with Crippen molar-refractivity contribution in [3.8, 4) is 5.75 Å². The van der Waals surface area contributed by atoms with Crippen molar-refractivity contribution < 1.29 is 9.53 Å². The van der Waals surface area contributed by atoms with E-state index < -0.39 is 0 Å². The number of rotatable bonds is 1. The Kier molecular flexibility index (Phi) is 2.42. The molecule has 1 saturated heterocycles. The average molecular weight is 232 g/mol. The number of carbonyl (C=O) groups is 1. The summed E-state index contributed by atoms with van der Waals surface area (Å²) in [5.74, 6) is 0.864. The Hall–Kier alpha value is -1.71. The first-order chi connectivity index (χ1) is 8.29. The summed E-state index contributed by atoms with van der Waals surface area (Å²) in [5, 5.41) is 3.36. The van der Waals surface area contributed by atoms with Crippen LogP contribution >= 0.6 is 0 Å². The van der Waals surface area contributed by atoms with Crippen molar-refractivity contribution in [3.63, 3.8) is 0 Å². The van der Waals surface area contributed by atoms with Crippen molar-refractivity contribution in [2.24, 2.45) is 0 Å². The van der Waals surface area contributed by atoms with Crippen LogP contribution in [0.25, 0.3) is 0 Å². The third-order valence-electron chi connectivity index (χ3n) is 3.62. The molecule has 0 aromatic heterocycles. The van der Waals surface area contributed by atoms with Gasteiger partial charge in [-0.25, -0.2) is 0 Å². The topological polar surface area (TPSA) is 41.6 Å². The van der Waals surface area contributed by atoms with E-state index in [-0.39, 0.29) is 5.91 Å². The summed E-state index contributed by atoms with van der Waals surface area (Å²) in [5.41, 5.74) is 1.65. The highest BCUT2D eigenvalue weighted by Gasteiger charge is 2.33. The highest BCUT2D eigenvalue weighted by Crippen LogP contribution is 2.30. The first-order valence-corrected chi connectivity index (χ1v) is 6.02. The van der Waals surface area contributed by atoms with Gasteiger partial charge in [0.2, 0.25) is 0 Å². The Labute approximate surface area is 101 Å². The molecule has 1 fully saturated rings. The second-order valence-electron chi connectivity index (χ2n) is 4.59. The molecule has 3 rings (SSSR count).